The molecule has 0 N–H and O–H groups in total. The van der Waals surface area contributed by atoms with E-state index in [1.807, 2.05) is 0 Å². The monoisotopic (exact) mass is 149 g/mol. The molecule has 0 atom stereocenters. The van der Waals surface area contributed by atoms with Crippen LogP contribution in [0.15, 0.2) is 12.7 Å². The van der Waals surface area contributed by atoms with E-state index in [-0.39, 0.29) is 0 Å². The Kier molecular flexibility index (Phi) is 4.82. The van der Waals surface area contributed by atoms with Gasteiger partial charge >= 0.3 is 0 Å². The fourth-order valence-electron chi connectivity index (χ4n) is 0.127. The number of thiocarbonyl (C=S) groups is 1. The summed E-state index contributed by atoms with van der Waals surface area (Å²) in [6, 6.07) is 0. The largest absolute Gasteiger partial charge is 0.134 e. The van der Waals surface area contributed by atoms with Crippen LogP contribution in [0.1, 0.15) is 0 Å². The molecular formula is C4H5S3. The smallest absolute Gasteiger partial charge is 0.102 e. The second-order valence-electron chi connectivity index (χ2n) is 0.850. The zero-order chi connectivity index (χ0) is 5.70. The van der Waals surface area contributed by atoms with Crippen LogP contribution in [0.4, 0.5) is 0 Å². The van der Waals surface area contributed by atoms with Gasteiger partial charge in [0, 0.05) is 5.75 Å². The number of hydrogen-bond acceptors (Lipinski definition) is 2. The molecule has 0 heterocycles. The molecule has 0 spiro atoms. The summed E-state index contributed by atoms with van der Waals surface area (Å²) < 4.78 is 0.569. The van der Waals surface area contributed by atoms with Crippen LogP contribution in [-0.4, -0.2) is 9.28 Å². The molecule has 7 heavy (non-hydrogen) atoms. The molecule has 0 rings (SSSR count). The van der Waals surface area contributed by atoms with Gasteiger partial charge in [-0.3, -0.25) is 0 Å². The second-order valence-corrected chi connectivity index (χ2v) is 3.47. The van der Waals surface area contributed by atoms with Crippen LogP contribution < -0.4 is 0 Å². The van der Waals surface area contributed by atoms with Crippen LogP contribution in [0.5, 0.6) is 0 Å². The average Bonchev–Trinajstić information content (AvgIpc) is 1.61. The molecule has 0 fully saturated rings. The van der Waals surface area contributed by atoms with Crippen LogP contribution in [0.3, 0.4) is 0 Å². The molecule has 39 valence electrons. The fraction of sp³-hybridized carbons (Fsp3) is 0.250. The summed E-state index contributed by atoms with van der Waals surface area (Å²) in [5.41, 5.74) is 0. The Morgan fingerprint density at radius 2 is 2.43 bits per heavy atom. The molecule has 0 aromatic rings. The third-order valence-electron chi connectivity index (χ3n) is 0.319. The Balaban J connectivity index is 2.97. The van der Waals surface area contributed by atoms with Crippen molar-refractivity contribution >= 4 is 40.1 Å². The van der Waals surface area contributed by atoms with Gasteiger partial charge in [-0.05, 0) is 0 Å². The normalized spacial score (nSPS) is 8.00. The molecule has 0 aromatic carbocycles. The minimum Gasteiger partial charge on any atom is -0.102 e. The molecule has 0 unspecified atom stereocenters. The summed E-state index contributed by atoms with van der Waals surface area (Å²) in [4.78, 5) is 0. The Labute approximate surface area is 58.8 Å². The van der Waals surface area contributed by atoms with Crippen LogP contribution in [-0.2, 0) is 0 Å². The molecule has 0 nitrogen and oxygen atoms in total. The van der Waals surface area contributed by atoms with E-state index in [9.17, 15) is 0 Å². The van der Waals surface area contributed by atoms with Crippen LogP contribution in [0, 0.1) is 0 Å². The highest BCUT2D eigenvalue weighted by Gasteiger charge is 1.83. The lowest BCUT2D eigenvalue weighted by Gasteiger charge is -1.84. The molecule has 0 aromatic heterocycles. The maximum absolute atomic E-state index is 4.59. The third kappa shape index (κ3) is 6.40. The van der Waals surface area contributed by atoms with Gasteiger partial charge in [0.05, 0.1) is 0 Å². The zero-order valence-electron chi connectivity index (χ0n) is 3.72. The van der Waals surface area contributed by atoms with Crippen LogP contribution in [0.25, 0.3) is 0 Å². The van der Waals surface area contributed by atoms with E-state index in [1.165, 1.54) is 11.8 Å². The highest BCUT2D eigenvalue weighted by molar-refractivity contribution is 8.41. The highest BCUT2D eigenvalue weighted by Crippen LogP contribution is 2.05. The van der Waals surface area contributed by atoms with Gasteiger partial charge in [-0.25, -0.2) is 0 Å². The minimum absolute atomic E-state index is 0.569. The first kappa shape index (κ1) is 7.40. The Morgan fingerprint density at radius 3 is 2.57 bits per heavy atom. The first-order valence-corrected chi connectivity index (χ1v) is 3.52. The van der Waals surface area contributed by atoms with Crippen LogP contribution >= 0.6 is 36.6 Å². The molecule has 3 heteroatoms. The Bertz CT molecular complexity index is 77.0. The number of hydrogen-bond donors (Lipinski definition) is 0. The average molecular weight is 149 g/mol. The van der Waals surface area contributed by atoms with Crippen molar-refractivity contribution in [3.63, 3.8) is 0 Å². The lowest BCUT2D eigenvalue weighted by atomic mass is 10.8. The Hall–Kier alpha value is 0.400. The van der Waals surface area contributed by atoms with Gasteiger partial charge in [0.2, 0.25) is 0 Å². The van der Waals surface area contributed by atoms with Crippen molar-refractivity contribution in [2.45, 2.75) is 0 Å². The lowest BCUT2D eigenvalue weighted by molar-refractivity contribution is 1.84. The topological polar surface area (TPSA) is 0 Å². The third-order valence-corrected chi connectivity index (χ3v) is 1.66. The number of thioether (sulfide) groups is 1. The molecule has 0 saturated heterocycles. The molecule has 0 bridgehead atoms. The van der Waals surface area contributed by atoms with E-state index in [0.29, 0.717) is 3.53 Å². The summed E-state index contributed by atoms with van der Waals surface area (Å²) in [7, 11) is 0. The van der Waals surface area contributed by atoms with Gasteiger partial charge in [-0.1, -0.05) is 42.7 Å². The van der Waals surface area contributed by atoms with E-state index in [2.05, 4.69) is 31.4 Å². The van der Waals surface area contributed by atoms with Crippen molar-refractivity contribution < 1.29 is 0 Å². The van der Waals surface area contributed by atoms with E-state index in [1.54, 1.807) is 6.08 Å². The Morgan fingerprint density at radius 1 is 1.86 bits per heavy atom. The quantitative estimate of drug-likeness (QED) is 0.437. The van der Waals surface area contributed by atoms with E-state index < -0.39 is 0 Å². The van der Waals surface area contributed by atoms with E-state index in [4.69, 9.17) is 0 Å². The van der Waals surface area contributed by atoms with Gasteiger partial charge in [-0.15, -0.1) is 6.58 Å². The van der Waals surface area contributed by atoms with Crippen LogP contribution in [0.2, 0.25) is 0 Å². The SMILES string of the molecule is C=CCSC([S])=S. The van der Waals surface area contributed by atoms with Crippen molar-refractivity contribution in [1.29, 1.82) is 0 Å². The maximum atomic E-state index is 4.59. The minimum atomic E-state index is 0.569. The van der Waals surface area contributed by atoms with Crippen molar-refractivity contribution in [3.05, 3.63) is 12.7 Å². The standard InChI is InChI=1S/C4H5S3/c1-2-3-7-4(5)6/h2H,1,3H2. The van der Waals surface area contributed by atoms with Crippen molar-refractivity contribution in [2.24, 2.45) is 0 Å². The lowest BCUT2D eigenvalue weighted by Crippen LogP contribution is -1.72. The second kappa shape index (κ2) is 4.56. The summed E-state index contributed by atoms with van der Waals surface area (Å²) in [6.45, 7) is 3.51. The fourth-order valence-corrected chi connectivity index (χ4v) is 0.789. The van der Waals surface area contributed by atoms with Gasteiger partial charge in [0.15, 0.2) is 0 Å². The van der Waals surface area contributed by atoms with Crippen molar-refractivity contribution in [2.75, 3.05) is 5.75 Å². The summed E-state index contributed by atoms with van der Waals surface area (Å²) >= 11 is 10.6. The van der Waals surface area contributed by atoms with Gasteiger partial charge in [0.25, 0.3) is 0 Å². The first-order chi connectivity index (χ1) is 3.27. The molecule has 0 amide bonds. The molecule has 0 aliphatic carbocycles. The zero-order valence-corrected chi connectivity index (χ0v) is 6.17. The van der Waals surface area contributed by atoms with Gasteiger partial charge in [-0.2, -0.15) is 0 Å². The van der Waals surface area contributed by atoms with E-state index in [0.717, 1.165) is 5.75 Å². The van der Waals surface area contributed by atoms with E-state index >= 15 is 0 Å². The maximum Gasteiger partial charge on any atom is 0.134 e. The molecule has 1 radical (unpaired) electrons. The van der Waals surface area contributed by atoms with Crippen molar-refractivity contribution in [1.82, 2.24) is 0 Å². The summed E-state index contributed by atoms with van der Waals surface area (Å²) in [6.07, 6.45) is 1.78. The molecule has 0 saturated carbocycles. The first-order valence-electron chi connectivity index (χ1n) is 1.72. The van der Waals surface area contributed by atoms with Gasteiger partial charge in [0.1, 0.15) is 3.53 Å². The predicted octanol–water partition coefficient (Wildman–Crippen LogP) is 2.39. The summed E-state index contributed by atoms with van der Waals surface area (Å²) in [5, 5.41) is 0. The molecular weight excluding hydrogens is 144 g/mol. The molecule has 0 aliphatic rings. The molecule has 0 aliphatic heterocycles. The predicted molar refractivity (Wildman–Crippen MR) is 42.8 cm³/mol. The number of rotatable bonds is 2. The van der Waals surface area contributed by atoms with Gasteiger partial charge < -0.3 is 0 Å². The van der Waals surface area contributed by atoms with Crippen molar-refractivity contribution in [3.8, 4) is 0 Å². The highest BCUT2D eigenvalue weighted by atomic mass is 32.2. The summed E-state index contributed by atoms with van der Waals surface area (Å²) in [5.74, 6) is 0.836.